The van der Waals surface area contributed by atoms with E-state index in [-0.39, 0.29) is 6.04 Å². The molecular weight excluding hydrogens is 184 g/mol. The van der Waals surface area contributed by atoms with Gasteiger partial charge in [0.1, 0.15) is 0 Å². The number of fused-ring (bicyclic) bond motifs is 1. The first-order valence-corrected chi connectivity index (χ1v) is 5.82. The van der Waals surface area contributed by atoms with Gasteiger partial charge in [0.25, 0.3) is 0 Å². The van der Waals surface area contributed by atoms with Gasteiger partial charge in [0.15, 0.2) is 0 Å². The van der Waals surface area contributed by atoms with Crippen LogP contribution in [0, 0.1) is 0 Å². The predicted molar refractivity (Wildman–Crippen MR) is 63.6 cm³/mol. The Morgan fingerprint density at radius 2 is 2.07 bits per heavy atom. The standard InChI is InChI=1S/C13H20N2/c1-3-9(2)15-13-8-12(14)10-6-4-5-7-11(10)13/h4-7,9,12-13,15H,3,8,14H2,1-2H3. The minimum absolute atomic E-state index is 0.211. The Balaban J connectivity index is 2.17. The summed E-state index contributed by atoms with van der Waals surface area (Å²) in [6.45, 7) is 4.44. The zero-order chi connectivity index (χ0) is 10.8. The van der Waals surface area contributed by atoms with Gasteiger partial charge in [-0.3, -0.25) is 0 Å². The van der Waals surface area contributed by atoms with E-state index >= 15 is 0 Å². The van der Waals surface area contributed by atoms with Gasteiger partial charge in [0, 0.05) is 18.1 Å². The molecule has 82 valence electrons. The van der Waals surface area contributed by atoms with E-state index in [9.17, 15) is 0 Å². The van der Waals surface area contributed by atoms with E-state index in [4.69, 9.17) is 5.73 Å². The van der Waals surface area contributed by atoms with Crippen LogP contribution in [0.5, 0.6) is 0 Å². The van der Waals surface area contributed by atoms with Crippen LogP contribution in [0.2, 0.25) is 0 Å². The van der Waals surface area contributed by atoms with Gasteiger partial charge >= 0.3 is 0 Å². The molecule has 0 amide bonds. The fourth-order valence-electron chi connectivity index (χ4n) is 2.29. The van der Waals surface area contributed by atoms with Crippen LogP contribution in [0.3, 0.4) is 0 Å². The Labute approximate surface area is 91.9 Å². The topological polar surface area (TPSA) is 38.0 Å². The summed E-state index contributed by atoms with van der Waals surface area (Å²) in [5.41, 5.74) is 8.83. The van der Waals surface area contributed by atoms with Crippen LogP contribution in [-0.2, 0) is 0 Å². The zero-order valence-corrected chi connectivity index (χ0v) is 9.53. The average molecular weight is 204 g/mol. The molecular formula is C13H20N2. The molecule has 0 saturated heterocycles. The third kappa shape index (κ3) is 2.06. The molecule has 1 aliphatic rings. The summed E-state index contributed by atoms with van der Waals surface area (Å²) >= 11 is 0. The molecule has 0 radical (unpaired) electrons. The van der Waals surface area contributed by atoms with Gasteiger partial charge in [0.05, 0.1) is 0 Å². The lowest BCUT2D eigenvalue weighted by Crippen LogP contribution is -2.29. The van der Waals surface area contributed by atoms with Crippen molar-refractivity contribution < 1.29 is 0 Å². The lowest BCUT2D eigenvalue weighted by atomic mass is 10.1. The van der Waals surface area contributed by atoms with Gasteiger partial charge in [-0.2, -0.15) is 0 Å². The Morgan fingerprint density at radius 1 is 1.40 bits per heavy atom. The Kier molecular flexibility index (Phi) is 3.08. The highest BCUT2D eigenvalue weighted by atomic mass is 15.0. The molecule has 1 aliphatic carbocycles. The van der Waals surface area contributed by atoms with Crippen LogP contribution in [0.25, 0.3) is 0 Å². The molecule has 0 fully saturated rings. The predicted octanol–water partition coefficient (Wildman–Crippen LogP) is 2.52. The molecule has 0 spiro atoms. The van der Waals surface area contributed by atoms with E-state index in [0.717, 1.165) is 12.8 Å². The highest BCUT2D eigenvalue weighted by molar-refractivity contribution is 5.37. The van der Waals surface area contributed by atoms with Crippen LogP contribution in [0.4, 0.5) is 0 Å². The Hall–Kier alpha value is -0.860. The Morgan fingerprint density at radius 3 is 2.73 bits per heavy atom. The van der Waals surface area contributed by atoms with E-state index in [2.05, 4.69) is 43.4 Å². The van der Waals surface area contributed by atoms with Crippen LogP contribution in [0.1, 0.15) is 49.9 Å². The number of nitrogens with one attached hydrogen (secondary N) is 1. The maximum atomic E-state index is 6.11. The summed E-state index contributed by atoms with van der Waals surface area (Å²) < 4.78 is 0. The lowest BCUT2D eigenvalue weighted by Gasteiger charge is -2.19. The van der Waals surface area contributed by atoms with E-state index in [1.54, 1.807) is 0 Å². The molecule has 0 aliphatic heterocycles. The van der Waals surface area contributed by atoms with Crippen molar-refractivity contribution in [1.82, 2.24) is 5.32 Å². The number of benzene rings is 1. The summed E-state index contributed by atoms with van der Waals surface area (Å²) in [7, 11) is 0. The van der Waals surface area contributed by atoms with Crippen LogP contribution in [0.15, 0.2) is 24.3 Å². The van der Waals surface area contributed by atoms with Gasteiger partial charge < -0.3 is 11.1 Å². The monoisotopic (exact) mass is 204 g/mol. The maximum Gasteiger partial charge on any atom is 0.0343 e. The van der Waals surface area contributed by atoms with Gasteiger partial charge in [-0.15, -0.1) is 0 Å². The fraction of sp³-hybridized carbons (Fsp3) is 0.538. The van der Waals surface area contributed by atoms with Gasteiger partial charge in [-0.25, -0.2) is 0 Å². The van der Waals surface area contributed by atoms with Gasteiger partial charge in [0.2, 0.25) is 0 Å². The van der Waals surface area contributed by atoms with E-state index < -0.39 is 0 Å². The normalized spacial score (nSPS) is 26.3. The van der Waals surface area contributed by atoms with Crippen molar-refractivity contribution in [3.8, 4) is 0 Å². The quantitative estimate of drug-likeness (QED) is 0.794. The van der Waals surface area contributed by atoms with Crippen LogP contribution in [-0.4, -0.2) is 6.04 Å². The molecule has 1 aromatic carbocycles. The number of nitrogens with two attached hydrogens (primary N) is 1. The molecule has 3 atom stereocenters. The molecule has 0 bridgehead atoms. The third-order valence-corrected chi connectivity index (χ3v) is 3.36. The largest absolute Gasteiger partial charge is 0.324 e. The molecule has 15 heavy (non-hydrogen) atoms. The van der Waals surface area contributed by atoms with Crippen molar-refractivity contribution in [2.45, 2.75) is 44.8 Å². The smallest absolute Gasteiger partial charge is 0.0343 e. The SMILES string of the molecule is CCC(C)NC1CC(N)c2ccccc21. The fourth-order valence-corrected chi connectivity index (χ4v) is 2.29. The molecule has 0 saturated carbocycles. The first-order chi connectivity index (χ1) is 7.22. The molecule has 0 heterocycles. The summed E-state index contributed by atoms with van der Waals surface area (Å²) in [6.07, 6.45) is 2.19. The van der Waals surface area contributed by atoms with E-state index in [1.807, 2.05) is 0 Å². The van der Waals surface area contributed by atoms with Crippen LogP contribution < -0.4 is 11.1 Å². The van der Waals surface area contributed by atoms with Crippen molar-refractivity contribution in [2.75, 3.05) is 0 Å². The minimum Gasteiger partial charge on any atom is -0.324 e. The number of rotatable bonds is 3. The molecule has 2 heteroatoms. The first-order valence-electron chi connectivity index (χ1n) is 5.82. The number of hydrogen-bond donors (Lipinski definition) is 2. The second-order valence-corrected chi connectivity index (χ2v) is 4.50. The van der Waals surface area contributed by atoms with Crippen molar-refractivity contribution in [3.05, 3.63) is 35.4 Å². The molecule has 3 N–H and O–H groups in total. The minimum atomic E-state index is 0.211. The average Bonchev–Trinajstić information content (AvgIpc) is 2.57. The van der Waals surface area contributed by atoms with E-state index in [1.165, 1.54) is 11.1 Å². The second kappa shape index (κ2) is 4.33. The van der Waals surface area contributed by atoms with Crippen molar-refractivity contribution >= 4 is 0 Å². The van der Waals surface area contributed by atoms with Crippen molar-refractivity contribution in [2.24, 2.45) is 5.73 Å². The van der Waals surface area contributed by atoms with Gasteiger partial charge in [-0.05, 0) is 30.9 Å². The molecule has 1 aromatic rings. The van der Waals surface area contributed by atoms with Crippen molar-refractivity contribution in [3.63, 3.8) is 0 Å². The number of hydrogen-bond acceptors (Lipinski definition) is 2. The highest BCUT2D eigenvalue weighted by Crippen LogP contribution is 2.37. The zero-order valence-electron chi connectivity index (χ0n) is 9.53. The molecule has 3 unspecified atom stereocenters. The maximum absolute atomic E-state index is 6.11. The summed E-state index contributed by atoms with van der Waals surface area (Å²) in [5.74, 6) is 0. The second-order valence-electron chi connectivity index (χ2n) is 4.50. The molecule has 0 aromatic heterocycles. The highest BCUT2D eigenvalue weighted by Gasteiger charge is 2.28. The van der Waals surface area contributed by atoms with E-state index in [0.29, 0.717) is 12.1 Å². The summed E-state index contributed by atoms with van der Waals surface area (Å²) in [5, 5.41) is 3.64. The summed E-state index contributed by atoms with van der Waals surface area (Å²) in [4.78, 5) is 0. The Bertz CT molecular complexity index is 335. The summed E-state index contributed by atoms with van der Waals surface area (Å²) in [6, 6.07) is 9.75. The lowest BCUT2D eigenvalue weighted by molar-refractivity contribution is 0.429. The molecule has 2 rings (SSSR count). The van der Waals surface area contributed by atoms with Crippen LogP contribution >= 0.6 is 0 Å². The first kappa shape index (κ1) is 10.7. The van der Waals surface area contributed by atoms with Crippen molar-refractivity contribution in [1.29, 1.82) is 0 Å². The third-order valence-electron chi connectivity index (χ3n) is 3.36. The molecule has 2 nitrogen and oxygen atoms in total. The van der Waals surface area contributed by atoms with Gasteiger partial charge in [-0.1, -0.05) is 31.2 Å².